The summed E-state index contributed by atoms with van der Waals surface area (Å²) in [6.07, 6.45) is 1.68. The summed E-state index contributed by atoms with van der Waals surface area (Å²) in [5.74, 6) is 1.45. The Labute approximate surface area is 157 Å². The quantitative estimate of drug-likeness (QED) is 0.608. The van der Waals surface area contributed by atoms with E-state index in [2.05, 4.69) is 41.7 Å². The van der Waals surface area contributed by atoms with Crippen molar-refractivity contribution in [2.24, 2.45) is 5.92 Å². The molecule has 5 heteroatoms. The number of nitrogens with one attached hydrogen (secondary N) is 1. The largest absolute Gasteiger partial charge is 0.492 e. The van der Waals surface area contributed by atoms with Crippen LogP contribution in [0.1, 0.15) is 24.2 Å². The van der Waals surface area contributed by atoms with Crippen molar-refractivity contribution in [2.45, 2.75) is 13.8 Å². The fraction of sp³-hybridized carbons (Fsp3) is 0.250. The Morgan fingerprint density at radius 1 is 1.20 bits per heavy atom. The van der Waals surface area contributed by atoms with Crippen molar-refractivity contribution < 1.29 is 14.3 Å². The van der Waals surface area contributed by atoms with Crippen LogP contribution in [0.25, 0.3) is 0 Å². The SMILES string of the molecule is C=CCOc1ccc(NC(=O)c2cc(Br)ccc2OCC(C)C)cc1. The molecule has 0 fully saturated rings. The smallest absolute Gasteiger partial charge is 0.259 e. The predicted molar refractivity (Wildman–Crippen MR) is 105 cm³/mol. The Balaban J connectivity index is 2.11. The van der Waals surface area contributed by atoms with Crippen molar-refractivity contribution in [3.63, 3.8) is 0 Å². The van der Waals surface area contributed by atoms with Gasteiger partial charge < -0.3 is 14.8 Å². The number of ether oxygens (including phenoxy) is 2. The maximum absolute atomic E-state index is 12.6. The van der Waals surface area contributed by atoms with Gasteiger partial charge in [-0.1, -0.05) is 42.4 Å². The van der Waals surface area contributed by atoms with E-state index in [1.807, 2.05) is 6.07 Å². The summed E-state index contributed by atoms with van der Waals surface area (Å²) in [6.45, 7) is 8.74. The van der Waals surface area contributed by atoms with Crippen LogP contribution in [0.3, 0.4) is 0 Å². The zero-order valence-electron chi connectivity index (χ0n) is 14.4. The highest BCUT2D eigenvalue weighted by molar-refractivity contribution is 9.10. The van der Waals surface area contributed by atoms with Gasteiger partial charge in [0, 0.05) is 10.2 Å². The number of anilines is 1. The highest BCUT2D eigenvalue weighted by Gasteiger charge is 2.14. The molecule has 4 nitrogen and oxygen atoms in total. The molecular formula is C20H22BrNO3. The minimum Gasteiger partial charge on any atom is -0.492 e. The van der Waals surface area contributed by atoms with Crippen molar-refractivity contribution in [1.82, 2.24) is 0 Å². The van der Waals surface area contributed by atoms with Gasteiger partial charge in [0.15, 0.2) is 0 Å². The number of halogens is 1. The normalized spacial score (nSPS) is 10.4. The van der Waals surface area contributed by atoms with E-state index >= 15 is 0 Å². The van der Waals surface area contributed by atoms with Crippen LogP contribution >= 0.6 is 15.9 Å². The first-order valence-corrected chi connectivity index (χ1v) is 8.86. The van der Waals surface area contributed by atoms with E-state index in [1.165, 1.54) is 0 Å². The lowest BCUT2D eigenvalue weighted by Crippen LogP contribution is -2.15. The molecular weight excluding hydrogens is 382 g/mol. The van der Waals surface area contributed by atoms with Gasteiger partial charge in [0.25, 0.3) is 5.91 Å². The van der Waals surface area contributed by atoms with Crippen molar-refractivity contribution >= 4 is 27.5 Å². The van der Waals surface area contributed by atoms with E-state index < -0.39 is 0 Å². The lowest BCUT2D eigenvalue weighted by molar-refractivity contribution is 0.102. The van der Waals surface area contributed by atoms with Gasteiger partial charge in [0.2, 0.25) is 0 Å². The molecule has 132 valence electrons. The molecule has 2 rings (SSSR count). The average molecular weight is 404 g/mol. The van der Waals surface area contributed by atoms with E-state index in [4.69, 9.17) is 9.47 Å². The van der Waals surface area contributed by atoms with E-state index in [-0.39, 0.29) is 5.91 Å². The number of hydrogen-bond acceptors (Lipinski definition) is 3. The molecule has 1 N–H and O–H groups in total. The van der Waals surface area contributed by atoms with Crippen molar-refractivity contribution in [1.29, 1.82) is 0 Å². The first-order chi connectivity index (χ1) is 12.0. The zero-order chi connectivity index (χ0) is 18.2. The van der Waals surface area contributed by atoms with Crippen LogP contribution in [-0.2, 0) is 0 Å². The Morgan fingerprint density at radius 3 is 2.56 bits per heavy atom. The fourth-order valence-corrected chi connectivity index (χ4v) is 2.41. The number of amides is 1. The summed E-state index contributed by atoms with van der Waals surface area (Å²) in [4.78, 5) is 12.6. The number of rotatable bonds is 8. The molecule has 0 radical (unpaired) electrons. The van der Waals surface area contributed by atoms with Gasteiger partial charge in [-0.15, -0.1) is 0 Å². The molecule has 0 heterocycles. The van der Waals surface area contributed by atoms with Gasteiger partial charge in [-0.2, -0.15) is 0 Å². The minimum atomic E-state index is -0.222. The van der Waals surface area contributed by atoms with Crippen LogP contribution in [0.15, 0.2) is 59.6 Å². The van der Waals surface area contributed by atoms with Crippen molar-refractivity contribution in [3.05, 3.63) is 65.2 Å². The summed E-state index contributed by atoms with van der Waals surface area (Å²) >= 11 is 3.40. The van der Waals surface area contributed by atoms with E-state index in [0.29, 0.717) is 36.1 Å². The van der Waals surface area contributed by atoms with E-state index in [1.54, 1.807) is 42.5 Å². The second-order valence-corrected chi connectivity index (χ2v) is 6.84. The Kier molecular flexibility index (Phi) is 7.07. The van der Waals surface area contributed by atoms with Crippen LogP contribution in [0.2, 0.25) is 0 Å². The van der Waals surface area contributed by atoms with E-state index in [9.17, 15) is 4.79 Å². The van der Waals surface area contributed by atoms with Gasteiger partial charge in [-0.3, -0.25) is 4.79 Å². The molecule has 1 amide bonds. The Morgan fingerprint density at radius 2 is 1.92 bits per heavy atom. The number of carbonyl (C=O) groups is 1. The molecule has 0 saturated heterocycles. The summed E-state index contributed by atoms with van der Waals surface area (Å²) in [5, 5.41) is 2.88. The minimum absolute atomic E-state index is 0.222. The highest BCUT2D eigenvalue weighted by atomic mass is 79.9. The number of benzene rings is 2. The second kappa shape index (κ2) is 9.28. The lowest BCUT2D eigenvalue weighted by Gasteiger charge is -2.14. The molecule has 0 unspecified atom stereocenters. The molecule has 0 aliphatic heterocycles. The summed E-state index contributed by atoms with van der Waals surface area (Å²) in [5.41, 5.74) is 1.17. The highest BCUT2D eigenvalue weighted by Crippen LogP contribution is 2.25. The van der Waals surface area contributed by atoms with Gasteiger partial charge in [0.1, 0.15) is 18.1 Å². The van der Waals surface area contributed by atoms with Crippen molar-refractivity contribution in [2.75, 3.05) is 18.5 Å². The lowest BCUT2D eigenvalue weighted by atomic mass is 10.1. The molecule has 0 aromatic heterocycles. The molecule has 0 aliphatic carbocycles. The maximum atomic E-state index is 12.6. The molecule has 0 atom stereocenters. The first kappa shape index (κ1) is 19.1. The maximum Gasteiger partial charge on any atom is 0.259 e. The molecule has 0 spiro atoms. The molecule has 0 aliphatic rings. The molecule has 25 heavy (non-hydrogen) atoms. The van der Waals surface area contributed by atoms with Gasteiger partial charge >= 0.3 is 0 Å². The standard InChI is InChI=1S/C20H22BrNO3/c1-4-11-24-17-8-6-16(7-9-17)22-20(23)18-12-15(21)5-10-19(18)25-13-14(2)3/h4-10,12,14H,1,11,13H2,2-3H3,(H,22,23). The molecule has 0 bridgehead atoms. The summed E-state index contributed by atoms with van der Waals surface area (Å²) in [6, 6.07) is 12.6. The third kappa shape index (κ3) is 5.94. The van der Waals surface area contributed by atoms with Crippen LogP contribution < -0.4 is 14.8 Å². The van der Waals surface area contributed by atoms with Crippen molar-refractivity contribution in [3.8, 4) is 11.5 Å². The van der Waals surface area contributed by atoms with Crippen LogP contribution in [0.5, 0.6) is 11.5 Å². The Hall–Kier alpha value is -2.27. The second-order valence-electron chi connectivity index (χ2n) is 5.92. The molecule has 2 aromatic rings. The topological polar surface area (TPSA) is 47.6 Å². The third-order valence-electron chi connectivity index (χ3n) is 3.24. The summed E-state index contributed by atoms with van der Waals surface area (Å²) < 4.78 is 12.0. The third-order valence-corrected chi connectivity index (χ3v) is 3.73. The zero-order valence-corrected chi connectivity index (χ0v) is 16.0. The first-order valence-electron chi connectivity index (χ1n) is 8.07. The van der Waals surface area contributed by atoms with E-state index in [0.717, 1.165) is 10.2 Å². The molecule has 0 saturated carbocycles. The van der Waals surface area contributed by atoms with Gasteiger partial charge in [-0.25, -0.2) is 0 Å². The monoisotopic (exact) mass is 403 g/mol. The van der Waals surface area contributed by atoms with Crippen LogP contribution in [0, 0.1) is 5.92 Å². The number of carbonyl (C=O) groups excluding carboxylic acids is 1. The average Bonchev–Trinajstić information content (AvgIpc) is 2.60. The van der Waals surface area contributed by atoms with Gasteiger partial charge in [-0.05, 0) is 48.4 Å². The Bertz CT molecular complexity index is 726. The molecule has 2 aromatic carbocycles. The summed E-state index contributed by atoms with van der Waals surface area (Å²) in [7, 11) is 0. The van der Waals surface area contributed by atoms with Gasteiger partial charge in [0.05, 0.1) is 12.2 Å². The fourth-order valence-electron chi connectivity index (χ4n) is 2.05. The number of hydrogen-bond donors (Lipinski definition) is 1. The van der Waals surface area contributed by atoms with Crippen LogP contribution in [-0.4, -0.2) is 19.1 Å². The predicted octanol–water partition coefficient (Wildman–Crippen LogP) is 5.30. The van der Waals surface area contributed by atoms with Crippen LogP contribution in [0.4, 0.5) is 5.69 Å².